The molecular formula is C27H39NO5. The van der Waals surface area contributed by atoms with E-state index >= 15 is 0 Å². The number of hydrogen-bond acceptors (Lipinski definition) is 5. The highest BCUT2D eigenvalue weighted by atomic mass is 16.5. The summed E-state index contributed by atoms with van der Waals surface area (Å²) < 4.78 is 5.88. The number of para-hydroxylation sites is 2. The first kappa shape index (κ1) is 26.4. The molecule has 4 N–H and O–H groups in total. The van der Waals surface area contributed by atoms with Crippen LogP contribution in [0.4, 0.5) is 5.69 Å². The van der Waals surface area contributed by atoms with Gasteiger partial charge < -0.3 is 25.4 Å². The number of phenolic OH excluding ortho intramolecular Hbond substituents is 3. The van der Waals surface area contributed by atoms with Crippen molar-refractivity contribution in [1.29, 1.82) is 0 Å². The molecule has 0 bridgehead atoms. The molecule has 182 valence electrons. The van der Waals surface area contributed by atoms with Crippen molar-refractivity contribution in [3.8, 4) is 23.0 Å². The second kappa shape index (κ2) is 15.0. The Balaban J connectivity index is 1.66. The molecule has 0 unspecified atom stereocenters. The number of aromatic hydroxyl groups is 3. The van der Waals surface area contributed by atoms with Gasteiger partial charge in [-0.3, -0.25) is 4.79 Å². The van der Waals surface area contributed by atoms with E-state index in [2.05, 4.69) is 12.2 Å². The topological polar surface area (TPSA) is 99.0 Å². The monoisotopic (exact) mass is 457 g/mol. The molecular weight excluding hydrogens is 418 g/mol. The number of carbonyl (C=O) groups is 1. The van der Waals surface area contributed by atoms with Gasteiger partial charge in [-0.25, -0.2) is 0 Å². The van der Waals surface area contributed by atoms with Gasteiger partial charge in [0.15, 0.2) is 17.2 Å². The summed E-state index contributed by atoms with van der Waals surface area (Å²) in [6, 6.07) is 9.35. The fourth-order valence-electron chi connectivity index (χ4n) is 3.75. The van der Waals surface area contributed by atoms with Crippen molar-refractivity contribution in [1.82, 2.24) is 0 Å². The van der Waals surface area contributed by atoms with E-state index in [1.165, 1.54) is 64.2 Å². The Morgan fingerprint density at radius 1 is 0.788 bits per heavy atom. The number of nitrogens with one attached hydrogen (secondary N) is 1. The molecule has 0 atom stereocenters. The fraction of sp³-hybridized carbons (Fsp3) is 0.519. The van der Waals surface area contributed by atoms with Crippen LogP contribution >= 0.6 is 0 Å². The van der Waals surface area contributed by atoms with Gasteiger partial charge in [0.1, 0.15) is 5.75 Å². The van der Waals surface area contributed by atoms with Crippen LogP contribution < -0.4 is 10.1 Å². The average molecular weight is 458 g/mol. The van der Waals surface area contributed by atoms with Crippen LogP contribution in [0.2, 0.25) is 0 Å². The van der Waals surface area contributed by atoms with Gasteiger partial charge in [0.25, 0.3) is 5.91 Å². The van der Waals surface area contributed by atoms with Gasteiger partial charge in [-0.15, -0.1) is 0 Å². The lowest BCUT2D eigenvalue weighted by Gasteiger charge is -2.13. The molecule has 0 spiro atoms. The van der Waals surface area contributed by atoms with Crippen LogP contribution in [0.25, 0.3) is 0 Å². The lowest BCUT2D eigenvalue weighted by molar-refractivity contribution is 0.102. The minimum Gasteiger partial charge on any atom is -0.504 e. The van der Waals surface area contributed by atoms with Crippen LogP contribution in [-0.2, 0) is 0 Å². The molecule has 0 aliphatic carbocycles. The van der Waals surface area contributed by atoms with Crippen LogP contribution in [0.1, 0.15) is 94.3 Å². The molecule has 2 aromatic rings. The Kier molecular flexibility index (Phi) is 12.0. The van der Waals surface area contributed by atoms with Crippen LogP contribution in [0.5, 0.6) is 23.0 Å². The van der Waals surface area contributed by atoms with Crippen molar-refractivity contribution >= 4 is 11.6 Å². The van der Waals surface area contributed by atoms with E-state index in [0.29, 0.717) is 18.0 Å². The highest BCUT2D eigenvalue weighted by Crippen LogP contribution is 2.35. The van der Waals surface area contributed by atoms with Crippen molar-refractivity contribution < 1.29 is 24.9 Å². The number of ether oxygens (including phenoxy) is 1. The number of carbonyl (C=O) groups excluding carboxylic acids is 1. The molecule has 0 aliphatic rings. The first-order valence-corrected chi connectivity index (χ1v) is 12.3. The van der Waals surface area contributed by atoms with Crippen LogP contribution in [-0.4, -0.2) is 27.8 Å². The SMILES string of the molecule is CCCCCCCCCCCCCCOc1ccccc1NC(=O)c1cc(O)c(O)c(O)c1. The molecule has 0 saturated carbocycles. The van der Waals surface area contributed by atoms with Gasteiger partial charge in [-0.1, -0.05) is 89.7 Å². The maximum atomic E-state index is 12.5. The average Bonchev–Trinajstić information content (AvgIpc) is 2.81. The highest BCUT2D eigenvalue weighted by molar-refractivity contribution is 6.05. The Morgan fingerprint density at radius 2 is 1.30 bits per heavy atom. The Labute approximate surface area is 197 Å². The fourth-order valence-corrected chi connectivity index (χ4v) is 3.75. The van der Waals surface area contributed by atoms with E-state index in [9.17, 15) is 20.1 Å². The van der Waals surface area contributed by atoms with E-state index in [-0.39, 0.29) is 5.56 Å². The van der Waals surface area contributed by atoms with Gasteiger partial charge >= 0.3 is 0 Å². The standard InChI is InChI=1S/C27H39NO5/c1-2-3-4-5-6-7-8-9-10-11-12-15-18-33-25-17-14-13-16-22(25)28-27(32)21-19-23(29)26(31)24(30)20-21/h13-14,16-17,19-20,29-31H,2-12,15,18H2,1H3,(H,28,32). The lowest BCUT2D eigenvalue weighted by atomic mass is 10.1. The van der Waals surface area contributed by atoms with Gasteiger partial charge in [0, 0.05) is 5.56 Å². The Hall–Kier alpha value is -2.89. The Morgan fingerprint density at radius 3 is 1.88 bits per heavy atom. The zero-order chi connectivity index (χ0) is 23.9. The van der Waals surface area contributed by atoms with E-state index in [1.807, 2.05) is 6.07 Å². The summed E-state index contributed by atoms with van der Waals surface area (Å²) in [7, 11) is 0. The number of benzene rings is 2. The predicted molar refractivity (Wildman–Crippen MR) is 132 cm³/mol. The minimum absolute atomic E-state index is 0.0264. The largest absolute Gasteiger partial charge is 0.504 e. The number of rotatable bonds is 16. The zero-order valence-corrected chi connectivity index (χ0v) is 19.8. The van der Waals surface area contributed by atoms with Crippen LogP contribution in [0.3, 0.4) is 0 Å². The summed E-state index contributed by atoms with van der Waals surface area (Å²) >= 11 is 0. The van der Waals surface area contributed by atoms with Gasteiger partial charge in [0.2, 0.25) is 0 Å². The Bertz CT molecular complexity index is 829. The first-order chi connectivity index (χ1) is 16.0. The summed E-state index contributed by atoms with van der Waals surface area (Å²) in [6.07, 6.45) is 15.4. The van der Waals surface area contributed by atoms with E-state index in [4.69, 9.17) is 4.74 Å². The van der Waals surface area contributed by atoms with Crippen LogP contribution in [0, 0.1) is 0 Å². The molecule has 6 heteroatoms. The molecule has 2 aromatic carbocycles. The maximum absolute atomic E-state index is 12.5. The molecule has 33 heavy (non-hydrogen) atoms. The van der Waals surface area contributed by atoms with Crippen molar-refractivity contribution in [2.75, 3.05) is 11.9 Å². The molecule has 0 aliphatic heterocycles. The molecule has 6 nitrogen and oxygen atoms in total. The minimum atomic E-state index is -0.655. The summed E-state index contributed by atoms with van der Waals surface area (Å²) in [5, 5.41) is 31.4. The van der Waals surface area contributed by atoms with Gasteiger partial charge in [-0.2, -0.15) is 0 Å². The van der Waals surface area contributed by atoms with Crippen molar-refractivity contribution in [2.24, 2.45) is 0 Å². The number of hydrogen-bond donors (Lipinski definition) is 4. The van der Waals surface area contributed by atoms with E-state index < -0.39 is 23.2 Å². The molecule has 0 fully saturated rings. The predicted octanol–water partition coefficient (Wildman–Crippen LogP) is 7.14. The van der Waals surface area contributed by atoms with Crippen LogP contribution in [0.15, 0.2) is 36.4 Å². The van der Waals surface area contributed by atoms with E-state index in [1.54, 1.807) is 18.2 Å². The summed E-state index contributed by atoms with van der Waals surface area (Å²) in [4.78, 5) is 12.5. The third-order valence-corrected chi connectivity index (χ3v) is 5.72. The quantitative estimate of drug-likeness (QED) is 0.159. The van der Waals surface area contributed by atoms with Gasteiger partial charge in [-0.05, 0) is 30.7 Å². The zero-order valence-electron chi connectivity index (χ0n) is 19.8. The number of phenols is 3. The van der Waals surface area contributed by atoms with E-state index in [0.717, 1.165) is 25.0 Å². The highest BCUT2D eigenvalue weighted by Gasteiger charge is 2.15. The number of anilines is 1. The lowest BCUT2D eigenvalue weighted by Crippen LogP contribution is -2.13. The second-order valence-corrected chi connectivity index (χ2v) is 8.55. The van der Waals surface area contributed by atoms with Crippen molar-refractivity contribution in [3.05, 3.63) is 42.0 Å². The first-order valence-electron chi connectivity index (χ1n) is 12.3. The summed E-state index contributed by atoms with van der Waals surface area (Å²) in [6.45, 7) is 2.83. The second-order valence-electron chi connectivity index (χ2n) is 8.55. The smallest absolute Gasteiger partial charge is 0.256 e. The molecule has 0 heterocycles. The summed E-state index contributed by atoms with van der Waals surface area (Å²) in [5.74, 6) is -1.73. The molecule has 0 radical (unpaired) electrons. The van der Waals surface area contributed by atoms with Crippen molar-refractivity contribution in [3.63, 3.8) is 0 Å². The van der Waals surface area contributed by atoms with Crippen molar-refractivity contribution in [2.45, 2.75) is 84.0 Å². The number of amides is 1. The molecule has 0 saturated heterocycles. The third-order valence-electron chi connectivity index (χ3n) is 5.72. The number of unbranched alkanes of at least 4 members (excludes halogenated alkanes) is 11. The third kappa shape index (κ3) is 9.64. The molecule has 2 rings (SSSR count). The maximum Gasteiger partial charge on any atom is 0.256 e. The summed E-state index contributed by atoms with van der Waals surface area (Å²) in [5.41, 5.74) is 0.534. The molecule has 1 amide bonds. The normalized spacial score (nSPS) is 10.8. The molecule has 0 aromatic heterocycles. The van der Waals surface area contributed by atoms with Gasteiger partial charge in [0.05, 0.1) is 12.3 Å².